The number of carboxylic acids is 1. The van der Waals surface area contributed by atoms with Crippen molar-refractivity contribution in [1.82, 2.24) is 15.2 Å². The summed E-state index contributed by atoms with van der Waals surface area (Å²) in [6, 6.07) is 4.20. The van der Waals surface area contributed by atoms with Crippen LogP contribution in [0, 0.1) is 12.8 Å². The van der Waals surface area contributed by atoms with Crippen LogP contribution in [0.5, 0.6) is 5.75 Å². The molecule has 1 aromatic heterocycles. The number of aliphatic carboxylic acids is 1. The smallest absolute Gasteiger partial charge is 0.317 e. The van der Waals surface area contributed by atoms with E-state index in [0.29, 0.717) is 30.2 Å². The molecule has 0 spiro atoms. The quantitative estimate of drug-likeness (QED) is 0.673. The van der Waals surface area contributed by atoms with Crippen LogP contribution in [0.1, 0.15) is 37.1 Å². The molecule has 0 bridgehead atoms. The Bertz CT molecular complexity index is 568. The minimum atomic E-state index is -0.740. The molecule has 23 heavy (non-hydrogen) atoms. The summed E-state index contributed by atoms with van der Waals surface area (Å²) < 4.78 is 0. The first-order valence-electron chi connectivity index (χ1n) is 8.36. The Kier molecular flexibility index (Phi) is 4.82. The molecule has 2 aliphatic rings. The van der Waals surface area contributed by atoms with Crippen molar-refractivity contribution in [1.29, 1.82) is 0 Å². The first-order valence-corrected chi connectivity index (χ1v) is 8.36. The molecule has 0 aliphatic heterocycles. The number of hydrogen-bond acceptors (Lipinski definition) is 5. The van der Waals surface area contributed by atoms with Crippen molar-refractivity contribution in [2.45, 2.75) is 51.2 Å². The molecule has 2 fully saturated rings. The lowest BCUT2D eigenvalue weighted by Crippen LogP contribution is -2.54. The molecule has 0 amide bonds. The van der Waals surface area contributed by atoms with Gasteiger partial charge in [-0.1, -0.05) is 0 Å². The first-order chi connectivity index (χ1) is 11.0. The summed E-state index contributed by atoms with van der Waals surface area (Å²) in [6.45, 7) is 3.52. The fourth-order valence-corrected chi connectivity index (χ4v) is 3.18. The number of aromatic nitrogens is 1. The Morgan fingerprint density at radius 3 is 2.78 bits per heavy atom. The summed E-state index contributed by atoms with van der Waals surface area (Å²) in [6.07, 6.45) is 4.41. The molecular weight excluding hydrogens is 294 g/mol. The summed E-state index contributed by atoms with van der Waals surface area (Å²) in [5, 5.41) is 22.3. The molecule has 3 rings (SSSR count). The van der Waals surface area contributed by atoms with Crippen molar-refractivity contribution >= 4 is 5.97 Å². The number of pyridine rings is 1. The average Bonchev–Trinajstić information content (AvgIpc) is 3.24. The van der Waals surface area contributed by atoms with Crippen LogP contribution in [-0.4, -0.2) is 51.2 Å². The third-order valence-corrected chi connectivity index (χ3v) is 4.81. The number of aryl methyl sites for hydroxylation is 1. The van der Waals surface area contributed by atoms with Gasteiger partial charge in [-0.3, -0.25) is 14.7 Å². The van der Waals surface area contributed by atoms with Gasteiger partial charge in [0.15, 0.2) is 0 Å². The molecule has 3 N–H and O–H groups in total. The highest BCUT2D eigenvalue weighted by Gasteiger charge is 2.36. The number of carbonyl (C=O) groups is 1. The first kappa shape index (κ1) is 16.2. The van der Waals surface area contributed by atoms with Gasteiger partial charge in [0.1, 0.15) is 5.75 Å². The molecule has 0 radical (unpaired) electrons. The van der Waals surface area contributed by atoms with E-state index in [-0.39, 0.29) is 12.3 Å². The maximum atomic E-state index is 11.0. The zero-order valence-electron chi connectivity index (χ0n) is 13.5. The van der Waals surface area contributed by atoms with Crippen LogP contribution in [0.15, 0.2) is 12.1 Å². The van der Waals surface area contributed by atoms with Gasteiger partial charge in [0, 0.05) is 30.9 Å². The highest BCUT2D eigenvalue weighted by Crippen LogP contribution is 2.33. The van der Waals surface area contributed by atoms with Gasteiger partial charge < -0.3 is 15.5 Å². The highest BCUT2D eigenvalue weighted by molar-refractivity contribution is 5.69. The van der Waals surface area contributed by atoms with E-state index in [0.717, 1.165) is 25.1 Å². The van der Waals surface area contributed by atoms with Crippen molar-refractivity contribution in [3.05, 3.63) is 23.5 Å². The van der Waals surface area contributed by atoms with Gasteiger partial charge in [0.2, 0.25) is 0 Å². The molecule has 126 valence electrons. The third kappa shape index (κ3) is 4.42. The summed E-state index contributed by atoms with van der Waals surface area (Å²) in [5.74, 6) is 0.186. The van der Waals surface area contributed by atoms with Crippen LogP contribution < -0.4 is 5.32 Å². The van der Waals surface area contributed by atoms with Crippen LogP contribution in [0.4, 0.5) is 0 Å². The second-order valence-corrected chi connectivity index (χ2v) is 6.89. The predicted molar refractivity (Wildman–Crippen MR) is 86.2 cm³/mol. The van der Waals surface area contributed by atoms with Crippen LogP contribution >= 0.6 is 0 Å². The van der Waals surface area contributed by atoms with Gasteiger partial charge in [-0.05, 0) is 50.7 Å². The average molecular weight is 319 g/mol. The number of carboxylic acid groups (broad SMARTS) is 1. The van der Waals surface area contributed by atoms with Crippen molar-refractivity contribution < 1.29 is 15.0 Å². The molecule has 6 heteroatoms. The van der Waals surface area contributed by atoms with E-state index in [2.05, 4.69) is 15.2 Å². The van der Waals surface area contributed by atoms with Gasteiger partial charge in [-0.25, -0.2) is 0 Å². The number of nitrogens with zero attached hydrogens (tertiary/aromatic N) is 2. The molecule has 0 aromatic carbocycles. The molecule has 0 unspecified atom stereocenters. The maximum Gasteiger partial charge on any atom is 0.317 e. The molecule has 1 aromatic rings. The Hall–Kier alpha value is -1.66. The topological polar surface area (TPSA) is 85.7 Å². The van der Waals surface area contributed by atoms with Crippen molar-refractivity contribution in [2.75, 3.05) is 13.1 Å². The molecule has 6 nitrogen and oxygen atoms in total. The second-order valence-electron chi connectivity index (χ2n) is 6.89. The van der Waals surface area contributed by atoms with Crippen LogP contribution in [-0.2, 0) is 11.3 Å². The molecule has 1 heterocycles. The third-order valence-electron chi connectivity index (χ3n) is 4.81. The van der Waals surface area contributed by atoms with E-state index in [1.54, 1.807) is 12.1 Å². The van der Waals surface area contributed by atoms with E-state index < -0.39 is 5.97 Å². The largest absolute Gasteiger partial charge is 0.506 e. The summed E-state index contributed by atoms with van der Waals surface area (Å²) in [5.41, 5.74) is 1.57. The van der Waals surface area contributed by atoms with Crippen LogP contribution in [0.2, 0.25) is 0 Å². The van der Waals surface area contributed by atoms with E-state index in [1.165, 1.54) is 12.8 Å². The van der Waals surface area contributed by atoms with Crippen molar-refractivity contribution in [3.8, 4) is 5.75 Å². The van der Waals surface area contributed by atoms with E-state index in [9.17, 15) is 9.90 Å². The number of aromatic hydroxyl groups is 1. The minimum absolute atomic E-state index is 0.147. The molecule has 2 aliphatic carbocycles. The maximum absolute atomic E-state index is 11.0. The van der Waals surface area contributed by atoms with E-state index in [1.807, 2.05) is 6.92 Å². The monoisotopic (exact) mass is 319 g/mol. The predicted octanol–water partition coefficient (Wildman–Crippen LogP) is 1.51. The lowest BCUT2D eigenvalue weighted by atomic mass is 9.85. The van der Waals surface area contributed by atoms with Gasteiger partial charge in [0.25, 0.3) is 0 Å². The van der Waals surface area contributed by atoms with Gasteiger partial charge in [-0.2, -0.15) is 0 Å². The Balaban J connectivity index is 1.45. The summed E-state index contributed by atoms with van der Waals surface area (Å²) in [7, 11) is 0. The second kappa shape index (κ2) is 6.84. The fourth-order valence-electron chi connectivity index (χ4n) is 3.18. The lowest BCUT2D eigenvalue weighted by Gasteiger charge is -2.43. The van der Waals surface area contributed by atoms with E-state index in [4.69, 9.17) is 5.11 Å². The highest BCUT2D eigenvalue weighted by atomic mass is 16.4. The molecular formula is C17H25N3O3. The summed E-state index contributed by atoms with van der Waals surface area (Å²) in [4.78, 5) is 17.5. The Labute approximate surface area is 136 Å². The minimum Gasteiger partial charge on any atom is -0.506 e. The number of hydrogen-bond donors (Lipinski definition) is 3. The molecule has 2 saturated carbocycles. The molecule has 0 saturated heterocycles. The van der Waals surface area contributed by atoms with Gasteiger partial charge >= 0.3 is 5.97 Å². The van der Waals surface area contributed by atoms with Crippen LogP contribution in [0.3, 0.4) is 0 Å². The van der Waals surface area contributed by atoms with Crippen molar-refractivity contribution in [3.63, 3.8) is 0 Å². The number of nitrogens with one attached hydrogen (secondary N) is 1. The normalized spacial score (nSPS) is 23.7. The Morgan fingerprint density at radius 1 is 1.39 bits per heavy atom. The zero-order valence-corrected chi connectivity index (χ0v) is 13.5. The zero-order chi connectivity index (χ0) is 16.4. The van der Waals surface area contributed by atoms with Crippen molar-refractivity contribution in [2.24, 2.45) is 5.92 Å². The van der Waals surface area contributed by atoms with Gasteiger partial charge in [-0.15, -0.1) is 0 Å². The molecule has 0 atom stereocenters. The van der Waals surface area contributed by atoms with E-state index >= 15 is 0 Å². The fraction of sp³-hybridized carbons (Fsp3) is 0.647. The Morgan fingerprint density at radius 2 is 2.13 bits per heavy atom. The van der Waals surface area contributed by atoms with Gasteiger partial charge in [0.05, 0.1) is 12.2 Å². The summed E-state index contributed by atoms with van der Waals surface area (Å²) >= 11 is 0. The number of rotatable bonds is 8. The SMILES string of the molecule is Cc1ccc(O)c(CNC2CC(N(CC(=O)O)CC3CC3)C2)n1. The van der Waals surface area contributed by atoms with Crippen LogP contribution in [0.25, 0.3) is 0 Å². The lowest BCUT2D eigenvalue weighted by molar-refractivity contribution is -0.139. The standard InChI is InChI=1S/C17H25N3O3/c1-11-2-5-16(21)15(19-11)8-18-13-6-14(7-13)20(10-17(22)23)9-12-3-4-12/h2,5,12-14,18,21H,3-4,6-10H2,1H3,(H,22,23).